The Balaban J connectivity index is 2.93. The number of allylic oxidation sites excluding steroid dienone is 4. The Kier molecular flexibility index (Phi) is 5.15. The lowest BCUT2D eigenvalue weighted by Crippen LogP contribution is -1.95. The van der Waals surface area contributed by atoms with Crippen LogP contribution in [0.4, 0.5) is 0 Å². The molecular formula is C16H19N. The average Bonchev–Trinajstić information content (AvgIpc) is 2.36. The zero-order valence-corrected chi connectivity index (χ0v) is 10.8. The van der Waals surface area contributed by atoms with Crippen LogP contribution in [0.2, 0.25) is 0 Å². The maximum Gasteiger partial charge on any atom is 0.0633 e. The Hall–Kier alpha value is -1.89. The van der Waals surface area contributed by atoms with Gasteiger partial charge in [-0.25, -0.2) is 0 Å². The molecular weight excluding hydrogens is 206 g/mol. The second-order valence-electron chi connectivity index (χ2n) is 3.75. The molecule has 0 aromatic heterocycles. The van der Waals surface area contributed by atoms with Crippen molar-refractivity contribution in [2.75, 3.05) is 0 Å². The molecule has 0 atom stereocenters. The lowest BCUT2D eigenvalue weighted by atomic mass is 10.1. The summed E-state index contributed by atoms with van der Waals surface area (Å²) in [5.41, 5.74) is 3.97. The Morgan fingerprint density at radius 2 is 1.82 bits per heavy atom. The summed E-state index contributed by atoms with van der Waals surface area (Å²) in [4.78, 5) is 4.54. The van der Waals surface area contributed by atoms with Gasteiger partial charge >= 0.3 is 0 Å². The summed E-state index contributed by atoms with van der Waals surface area (Å²) >= 11 is 0. The van der Waals surface area contributed by atoms with Gasteiger partial charge in [-0.3, -0.25) is 4.99 Å². The summed E-state index contributed by atoms with van der Waals surface area (Å²) in [5.74, 6) is 0. The van der Waals surface area contributed by atoms with Crippen LogP contribution in [0, 0.1) is 0 Å². The Morgan fingerprint density at radius 3 is 2.35 bits per heavy atom. The van der Waals surface area contributed by atoms with Crippen molar-refractivity contribution < 1.29 is 0 Å². The number of benzene rings is 1. The molecule has 0 radical (unpaired) electrons. The van der Waals surface area contributed by atoms with Gasteiger partial charge in [-0.2, -0.15) is 0 Å². The predicted octanol–water partition coefficient (Wildman–Crippen LogP) is 4.64. The first kappa shape index (κ1) is 13.2. The van der Waals surface area contributed by atoms with Gasteiger partial charge in [0, 0.05) is 5.71 Å². The van der Waals surface area contributed by atoms with Crippen LogP contribution < -0.4 is 0 Å². The summed E-state index contributed by atoms with van der Waals surface area (Å²) in [7, 11) is 0. The molecule has 0 aliphatic heterocycles. The van der Waals surface area contributed by atoms with Crippen LogP contribution in [0.25, 0.3) is 5.70 Å². The van der Waals surface area contributed by atoms with Gasteiger partial charge in [-0.1, -0.05) is 55.1 Å². The normalized spacial score (nSPS) is 13.1. The second-order valence-corrected chi connectivity index (χ2v) is 3.75. The van der Waals surface area contributed by atoms with Gasteiger partial charge in [0.05, 0.1) is 5.70 Å². The zero-order chi connectivity index (χ0) is 12.7. The quantitative estimate of drug-likeness (QED) is 0.523. The molecule has 1 nitrogen and oxygen atoms in total. The molecule has 88 valence electrons. The minimum Gasteiger partial charge on any atom is -0.253 e. The number of hydrogen-bond acceptors (Lipinski definition) is 1. The standard InChI is InChI=1S/C16H19N/c1-5-10-15(6-2)13(3)17-14(4)16-11-8-7-9-12-16/h5-12H,4H2,1-3H3/b10-5-,15-6+,17-13?. The van der Waals surface area contributed by atoms with Gasteiger partial charge in [-0.15, -0.1) is 0 Å². The van der Waals surface area contributed by atoms with E-state index < -0.39 is 0 Å². The maximum absolute atomic E-state index is 4.54. The van der Waals surface area contributed by atoms with E-state index in [1.54, 1.807) is 0 Å². The molecule has 0 spiro atoms. The lowest BCUT2D eigenvalue weighted by molar-refractivity contribution is 1.47. The highest BCUT2D eigenvalue weighted by molar-refractivity contribution is 6.03. The van der Waals surface area contributed by atoms with E-state index in [0.29, 0.717) is 0 Å². The van der Waals surface area contributed by atoms with E-state index in [2.05, 4.69) is 23.7 Å². The van der Waals surface area contributed by atoms with E-state index in [1.165, 1.54) is 0 Å². The van der Waals surface area contributed by atoms with Crippen LogP contribution in [0.5, 0.6) is 0 Å². The summed E-state index contributed by atoms with van der Waals surface area (Å²) in [5, 5.41) is 0. The van der Waals surface area contributed by atoms with Gasteiger partial charge in [0.1, 0.15) is 0 Å². The lowest BCUT2D eigenvalue weighted by Gasteiger charge is -2.04. The highest BCUT2D eigenvalue weighted by Crippen LogP contribution is 2.15. The fourth-order valence-corrected chi connectivity index (χ4v) is 1.57. The molecule has 0 aliphatic carbocycles. The van der Waals surface area contributed by atoms with Crippen molar-refractivity contribution in [3.05, 3.63) is 66.3 Å². The van der Waals surface area contributed by atoms with Crippen molar-refractivity contribution in [2.24, 2.45) is 4.99 Å². The van der Waals surface area contributed by atoms with Gasteiger partial charge in [-0.05, 0) is 31.9 Å². The van der Waals surface area contributed by atoms with E-state index in [-0.39, 0.29) is 0 Å². The van der Waals surface area contributed by atoms with Gasteiger partial charge in [0.25, 0.3) is 0 Å². The molecule has 0 N–H and O–H groups in total. The summed E-state index contributed by atoms with van der Waals surface area (Å²) in [6, 6.07) is 10.0. The number of nitrogens with zero attached hydrogens (tertiary/aromatic N) is 1. The zero-order valence-electron chi connectivity index (χ0n) is 10.8. The van der Waals surface area contributed by atoms with Gasteiger partial charge in [0.2, 0.25) is 0 Å². The van der Waals surface area contributed by atoms with Gasteiger partial charge < -0.3 is 0 Å². The number of hydrogen-bond donors (Lipinski definition) is 0. The van der Waals surface area contributed by atoms with Crippen LogP contribution in [-0.2, 0) is 0 Å². The van der Waals surface area contributed by atoms with Crippen LogP contribution in [0.1, 0.15) is 26.3 Å². The molecule has 0 bridgehead atoms. The Bertz CT molecular complexity index is 462. The smallest absolute Gasteiger partial charge is 0.0633 e. The van der Waals surface area contributed by atoms with E-state index in [9.17, 15) is 0 Å². The van der Waals surface area contributed by atoms with Crippen LogP contribution >= 0.6 is 0 Å². The number of rotatable bonds is 4. The third-order valence-corrected chi connectivity index (χ3v) is 2.48. The largest absolute Gasteiger partial charge is 0.253 e. The molecule has 1 rings (SSSR count). The monoisotopic (exact) mass is 225 g/mol. The maximum atomic E-state index is 4.54. The predicted molar refractivity (Wildman–Crippen MR) is 77.2 cm³/mol. The molecule has 1 heteroatoms. The summed E-state index contributed by atoms with van der Waals surface area (Å²) in [6.45, 7) is 10.0. The molecule has 0 unspecified atom stereocenters. The van der Waals surface area contributed by atoms with Crippen molar-refractivity contribution in [3.63, 3.8) is 0 Å². The third kappa shape index (κ3) is 3.87. The first-order valence-corrected chi connectivity index (χ1v) is 5.78. The van der Waals surface area contributed by atoms with E-state index >= 15 is 0 Å². The Morgan fingerprint density at radius 1 is 1.18 bits per heavy atom. The van der Waals surface area contributed by atoms with E-state index in [1.807, 2.05) is 57.2 Å². The number of aliphatic imine (C=N–C) groups is 1. The fourth-order valence-electron chi connectivity index (χ4n) is 1.57. The SMILES string of the molecule is C=C(N=C(C)C(/C=C\C)=C/C)c1ccccc1. The third-order valence-electron chi connectivity index (χ3n) is 2.48. The summed E-state index contributed by atoms with van der Waals surface area (Å²) in [6.07, 6.45) is 6.12. The van der Waals surface area contributed by atoms with E-state index in [0.717, 1.165) is 22.5 Å². The van der Waals surface area contributed by atoms with Crippen LogP contribution in [-0.4, -0.2) is 5.71 Å². The molecule has 0 heterocycles. The van der Waals surface area contributed by atoms with Crippen LogP contribution in [0.3, 0.4) is 0 Å². The van der Waals surface area contributed by atoms with Crippen molar-refractivity contribution in [2.45, 2.75) is 20.8 Å². The first-order chi connectivity index (χ1) is 8.19. The van der Waals surface area contributed by atoms with Gasteiger partial charge in [0.15, 0.2) is 0 Å². The minimum absolute atomic E-state index is 0.798. The van der Waals surface area contributed by atoms with Crippen molar-refractivity contribution in [1.82, 2.24) is 0 Å². The van der Waals surface area contributed by atoms with Crippen LogP contribution in [0.15, 0.2) is 65.7 Å². The molecule has 17 heavy (non-hydrogen) atoms. The average molecular weight is 225 g/mol. The second kappa shape index (κ2) is 6.64. The van der Waals surface area contributed by atoms with Crippen molar-refractivity contribution in [1.29, 1.82) is 0 Å². The molecule has 0 saturated heterocycles. The molecule has 0 fully saturated rings. The highest BCUT2D eigenvalue weighted by atomic mass is 14.8. The Labute approximate surface area is 104 Å². The molecule has 0 aliphatic rings. The molecule has 1 aromatic rings. The highest BCUT2D eigenvalue weighted by Gasteiger charge is 1.99. The van der Waals surface area contributed by atoms with E-state index in [4.69, 9.17) is 0 Å². The van der Waals surface area contributed by atoms with Crippen molar-refractivity contribution >= 4 is 11.4 Å². The molecule has 0 saturated carbocycles. The molecule has 0 amide bonds. The molecule has 1 aromatic carbocycles. The van der Waals surface area contributed by atoms with Crippen molar-refractivity contribution in [3.8, 4) is 0 Å². The fraction of sp³-hybridized carbons (Fsp3) is 0.188. The minimum atomic E-state index is 0.798. The first-order valence-electron chi connectivity index (χ1n) is 5.78. The summed E-state index contributed by atoms with van der Waals surface area (Å²) < 4.78 is 0. The topological polar surface area (TPSA) is 12.4 Å².